The highest BCUT2D eigenvalue weighted by Crippen LogP contribution is 2.62. The number of aromatic nitrogens is 3. The second-order valence-corrected chi connectivity index (χ2v) is 8.89. The molecule has 0 unspecified atom stereocenters. The minimum Gasteiger partial charge on any atom is -0.384 e. The van der Waals surface area contributed by atoms with Crippen molar-refractivity contribution < 1.29 is 14.1 Å². The van der Waals surface area contributed by atoms with E-state index in [1.807, 2.05) is 17.0 Å². The summed E-state index contributed by atoms with van der Waals surface area (Å²) in [5.41, 5.74) is 1.32. The Morgan fingerprint density at radius 3 is 2.86 bits per heavy atom. The molecular weight excluding hydrogens is 356 g/mol. The van der Waals surface area contributed by atoms with E-state index in [-0.39, 0.29) is 11.3 Å². The Labute approximate surface area is 165 Å². The molecule has 0 bridgehead atoms. The lowest BCUT2D eigenvalue weighted by molar-refractivity contribution is -0.131. The van der Waals surface area contributed by atoms with Crippen LogP contribution in [0, 0.1) is 16.7 Å². The maximum Gasteiger partial charge on any atom is 0.226 e. The molecule has 0 spiro atoms. The van der Waals surface area contributed by atoms with Crippen LogP contribution in [0.1, 0.15) is 39.0 Å². The number of hydrogen-bond acceptors (Lipinski definition) is 6. The number of carbonyl (C=O) groups is 1. The SMILES string of the molecule is COC[C@@]12CN(C(=O)CCCc3nc(-c4ccncc4)no3)C[C@@H]1C(C)(C)C2. The van der Waals surface area contributed by atoms with Gasteiger partial charge in [0.05, 0.1) is 6.61 Å². The van der Waals surface area contributed by atoms with Gasteiger partial charge in [-0.05, 0) is 36.3 Å². The predicted molar refractivity (Wildman–Crippen MR) is 103 cm³/mol. The zero-order chi connectivity index (χ0) is 19.8. The molecular formula is C21H28N4O3. The van der Waals surface area contributed by atoms with E-state index in [4.69, 9.17) is 9.26 Å². The van der Waals surface area contributed by atoms with Crippen LogP contribution in [-0.2, 0) is 16.0 Å². The van der Waals surface area contributed by atoms with Crippen molar-refractivity contribution >= 4 is 5.91 Å². The second-order valence-electron chi connectivity index (χ2n) is 8.89. The van der Waals surface area contributed by atoms with Crippen LogP contribution in [0.25, 0.3) is 11.4 Å². The van der Waals surface area contributed by atoms with Crippen molar-refractivity contribution in [1.82, 2.24) is 20.0 Å². The average Bonchev–Trinajstić information content (AvgIpc) is 3.26. The van der Waals surface area contributed by atoms with Crippen LogP contribution in [0.5, 0.6) is 0 Å². The predicted octanol–water partition coefficient (Wildman–Crippen LogP) is 2.98. The summed E-state index contributed by atoms with van der Waals surface area (Å²) in [5, 5.41) is 4.01. The molecule has 2 aromatic rings. The Morgan fingerprint density at radius 2 is 2.14 bits per heavy atom. The van der Waals surface area contributed by atoms with Gasteiger partial charge in [-0.3, -0.25) is 9.78 Å². The van der Waals surface area contributed by atoms with Crippen LogP contribution in [0.4, 0.5) is 0 Å². The number of nitrogens with zero attached hydrogens (tertiary/aromatic N) is 4. The highest BCUT2D eigenvalue weighted by atomic mass is 16.5. The Bertz CT molecular complexity index is 835. The fourth-order valence-corrected chi connectivity index (χ4v) is 5.32. The maximum absolute atomic E-state index is 12.8. The van der Waals surface area contributed by atoms with Gasteiger partial charge in [0, 0.05) is 56.4 Å². The Hall–Kier alpha value is -2.28. The van der Waals surface area contributed by atoms with Crippen LogP contribution in [-0.4, -0.2) is 52.7 Å². The molecule has 1 saturated carbocycles. The molecule has 7 nitrogen and oxygen atoms in total. The zero-order valence-electron chi connectivity index (χ0n) is 16.9. The first-order valence-electron chi connectivity index (χ1n) is 9.93. The number of methoxy groups -OCH3 is 1. The Kier molecular flexibility index (Phi) is 4.95. The third-order valence-electron chi connectivity index (χ3n) is 6.37. The summed E-state index contributed by atoms with van der Waals surface area (Å²) in [7, 11) is 1.76. The molecule has 2 aliphatic rings. The molecule has 0 aromatic carbocycles. The number of amides is 1. The number of carbonyl (C=O) groups excluding carboxylic acids is 1. The molecule has 3 heterocycles. The van der Waals surface area contributed by atoms with Crippen LogP contribution in [0.2, 0.25) is 0 Å². The first-order chi connectivity index (χ1) is 13.4. The standard InChI is InChI=1S/C21H28N4O3/c1-20(2)12-21(14-27-3)13-25(11-16(20)21)18(26)6-4-5-17-23-19(24-28-17)15-7-9-22-10-8-15/h7-10,16H,4-6,11-14H2,1-3H3/t16-,21-/m1/s1. The van der Waals surface area contributed by atoms with Crippen LogP contribution in [0.3, 0.4) is 0 Å². The number of ether oxygens (including phenoxy) is 1. The normalized spacial score (nSPS) is 25.4. The third-order valence-corrected chi connectivity index (χ3v) is 6.37. The molecule has 1 aliphatic carbocycles. The highest BCUT2D eigenvalue weighted by Gasteiger charge is 2.63. The highest BCUT2D eigenvalue weighted by molar-refractivity contribution is 5.76. The van der Waals surface area contributed by atoms with Gasteiger partial charge >= 0.3 is 0 Å². The minimum atomic E-state index is 0.153. The van der Waals surface area contributed by atoms with Crippen LogP contribution >= 0.6 is 0 Å². The van der Waals surface area contributed by atoms with E-state index >= 15 is 0 Å². The van der Waals surface area contributed by atoms with E-state index < -0.39 is 0 Å². The fraction of sp³-hybridized carbons (Fsp3) is 0.619. The van der Waals surface area contributed by atoms with Crippen molar-refractivity contribution in [2.45, 2.75) is 39.5 Å². The van der Waals surface area contributed by atoms with Gasteiger partial charge in [-0.15, -0.1) is 0 Å². The van der Waals surface area contributed by atoms with Gasteiger partial charge in [-0.2, -0.15) is 4.98 Å². The van der Waals surface area contributed by atoms with E-state index in [2.05, 4.69) is 29.0 Å². The quantitative estimate of drug-likeness (QED) is 0.730. The third kappa shape index (κ3) is 3.43. The summed E-state index contributed by atoms with van der Waals surface area (Å²) < 4.78 is 10.8. The molecule has 150 valence electrons. The minimum absolute atomic E-state index is 0.153. The molecule has 4 rings (SSSR count). The van der Waals surface area contributed by atoms with Gasteiger partial charge in [0.2, 0.25) is 17.6 Å². The molecule has 2 fully saturated rings. The topological polar surface area (TPSA) is 81.4 Å². The lowest BCUT2D eigenvalue weighted by Crippen LogP contribution is -2.55. The average molecular weight is 384 g/mol. The second kappa shape index (κ2) is 7.28. The molecule has 0 N–H and O–H groups in total. The number of aryl methyl sites for hydroxylation is 1. The van der Waals surface area contributed by atoms with Gasteiger partial charge < -0.3 is 14.2 Å². The number of rotatable bonds is 7. The molecule has 1 saturated heterocycles. The van der Waals surface area contributed by atoms with Gasteiger partial charge in [0.15, 0.2) is 0 Å². The summed E-state index contributed by atoms with van der Waals surface area (Å²) in [6.07, 6.45) is 6.34. The maximum atomic E-state index is 12.8. The number of fused-ring (bicyclic) bond motifs is 1. The van der Waals surface area contributed by atoms with Gasteiger partial charge in [0.25, 0.3) is 0 Å². The van der Waals surface area contributed by atoms with Crippen LogP contribution < -0.4 is 0 Å². The summed E-state index contributed by atoms with van der Waals surface area (Å²) in [5.74, 6) is 1.87. The smallest absolute Gasteiger partial charge is 0.226 e. The van der Waals surface area contributed by atoms with E-state index in [0.717, 1.165) is 31.7 Å². The van der Waals surface area contributed by atoms with Crippen molar-refractivity contribution in [3.8, 4) is 11.4 Å². The van der Waals surface area contributed by atoms with Crippen molar-refractivity contribution in [2.24, 2.45) is 16.7 Å². The van der Waals surface area contributed by atoms with Crippen LogP contribution in [0.15, 0.2) is 29.0 Å². The van der Waals surface area contributed by atoms with Gasteiger partial charge in [0.1, 0.15) is 0 Å². The van der Waals surface area contributed by atoms with Crippen molar-refractivity contribution in [2.75, 3.05) is 26.8 Å². The van der Waals surface area contributed by atoms with E-state index in [0.29, 0.717) is 42.3 Å². The van der Waals surface area contributed by atoms with E-state index in [1.165, 1.54) is 0 Å². The molecule has 1 amide bonds. The fourth-order valence-electron chi connectivity index (χ4n) is 5.32. The monoisotopic (exact) mass is 384 g/mol. The summed E-state index contributed by atoms with van der Waals surface area (Å²) >= 11 is 0. The molecule has 2 atom stereocenters. The lowest BCUT2D eigenvalue weighted by Gasteiger charge is -2.56. The van der Waals surface area contributed by atoms with Crippen molar-refractivity contribution in [3.05, 3.63) is 30.4 Å². The van der Waals surface area contributed by atoms with E-state index in [9.17, 15) is 4.79 Å². The summed E-state index contributed by atoms with van der Waals surface area (Å²) in [4.78, 5) is 23.2. The molecule has 2 aromatic heterocycles. The Morgan fingerprint density at radius 1 is 1.36 bits per heavy atom. The zero-order valence-corrected chi connectivity index (χ0v) is 16.9. The molecule has 28 heavy (non-hydrogen) atoms. The van der Waals surface area contributed by atoms with Crippen molar-refractivity contribution in [1.29, 1.82) is 0 Å². The van der Waals surface area contributed by atoms with Gasteiger partial charge in [-0.25, -0.2) is 0 Å². The van der Waals surface area contributed by atoms with E-state index in [1.54, 1.807) is 19.5 Å². The summed E-state index contributed by atoms with van der Waals surface area (Å²) in [6.45, 7) is 7.01. The first kappa shape index (κ1) is 19.1. The Balaban J connectivity index is 1.29. The lowest BCUT2D eigenvalue weighted by atomic mass is 9.48. The number of hydrogen-bond donors (Lipinski definition) is 0. The van der Waals surface area contributed by atoms with Gasteiger partial charge in [-0.1, -0.05) is 19.0 Å². The number of pyridine rings is 1. The summed E-state index contributed by atoms with van der Waals surface area (Å²) in [6, 6.07) is 3.69. The van der Waals surface area contributed by atoms with Crippen molar-refractivity contribution in [3.63, 3.8) is 0 Å². The first-order valence-corrected chi connectivity index (χ1v) is 9.93. The molecule has 7 heteroatoms. The molecule has 1 aliphatic heterocycles. The number of likely N-dealkylation sites (tertiary alicyclic amines) is 1. The molecule has 0 radical (unpaired) electrons. The largest absolute Gasteiger partial charge is 0.384 e.